The molecule has 1 aromatic heterocycles. The molecule has 14 heavy (non-hydrogen) atoms. The lowest BCUT2D eigenvalue weighted by molar-refractivity contribution is 0.818. The van der Waals surface area contributed by atoms with Gasteiger partial charge in [0.25, 0.3) is 0 Å². The largest absolute Gasteiger partial charge is 0.323 e. The number of aromatic nitrogens is 2. The maximum Gasteiger partial charge on any atom is 0.323 e. The van der Waals surface area contributed by atoms with Crippen molar-refractivity contribution in [1.29, 1.82) is 0 Å². The molecule has 3 N–H and O–H groups in total. The Morgan fingerprint density at radius 3 is 2.93 bits per heavy atom. The molecule has 74 valence electrons. The number of halogens is 1. The number of fused-ring (bicyclic) bond motifs is 1. The Balaban J connectivity index is 2.65. The Labute approximate surface area is 88.9 Å². The van der Waals surface area contributed by atoms with E-state index in [1.54, 1.807) is 0 Å². The van der Waals surface area contributed by atoms with Crippen LogP contribution in [0.5, 0.6) is 0 Å². The van der Waals surface area contributed by atoms with Crippen LogP contribution in [0.4, 0.5) is 0 Å². The molecule has 0 aliphatic rings. The molecule has 0 radical (unpaired) electrons. The summed E-state index contributed by atoms with van der Waals surface area (Å²) in [6.07, 6.45) is 0. The van der Waals surface area contributed by atoms with Crippen LogP contribution in [0.25, 0.3) is 11.0 Å². The molecule has 0 unspecified atom stereocenters. The van der Waals surface area contributed by atoms with Gasteiger partial charge in [-0.3, -0.25) is 0 Å². The number of benzene rings is 1. The van der Waals surface area contributed by atoms with E-state index in [9.17, 15) is 4.79 Å². The number of hydrogen-bond acceptors (Lipinski definition) is 2. The van der Waals surface area contributed by atoms with Crippen LogP contribution in [0.2, 0.25) is 0 Å². The van der Waals surface area contributed by atoms with Crippen molar-refractivity contribution in [2.75, 3.05) is 7.05 Å². The summed E-state index contributed by atoms with van der Waals surface area (Å²) in [6.45, 7) is 0.780. The second kappa shape index (κ2) is 3.59. The number of H-pyrrole nitrogens is 2. The Bertz CT molecular complexity index is 514. The minimum absolute atomic E-state index is 0.178. The van der Waals surface area contributed by atoms with Gasteiger partial charge in [0.15, 0.2) is 0 Å². The van der Waals surface area contributed by atoms with Crippen molar-refractivity contribution in [1.82, 2.24) is 15.3 Å². The molecule has 1 heterocycles. The van der Waals surface area contributed by atoms with E-state index in [2.05, 4.69) is 31.2 Å². The minimum Gasteiger partial charge on any atom is -0.316 e. The van der Waals surface area contributed by atoms with Gasteiger partial charge in [0.1, 0.15) is 0 Å². The summed E-state index contributed by atoms with van der Waals surface area (Å²) >= 11 is 3.41. The van der Waals surface area contributed by atoms with Crippen molar-refractivity contribution in [3.8, 4) is 0 Å². The smallest absolute Gasteiger partial charge is 0.316 e. The molecule has 0 amide bonds. The van der Waals surface area contributed by atoms with E-state index >= 15 is 0 Å². The van der Waals surface area contributed by atoms with Gasteiger partial charge in [0, 0.05) is 11.0 Å². The zero-order valence-corrected chi connectivity index (χ0v) is 9.23. The highest BCUT2D eigenvalue weighted by atomic mass is 79.9. The lowest BCUT2D eigenvalue weighted by Crippen LogP contribution is -2.04. The molecule has 0 aliphatic carbocycles. The van der Waals surface area contributed by atoms with Crippen LogP contribution >= 0.6 is 15.9 Å². The second-order valence-corrected chi connectivity index (χ2v) is 3.96. The summed E-state index contributed by atoms with van der Waals surface area (Å²) in [5.41, 5.74) is 2.59. The van der Waals surface area contributed by atoms with Gasteiger partial charge < -0.3 is 15.3 Å². The molecular weight excluding hydrogens is 246 g/mol. The number of aromatic amines is 2. The van der Waals surface area contributed by atoms with Crippen molar-refractivity contribution < 1.29 is 0 Å². The van der Waals surface area contributed by atoms with Crippen molar-refractivity contribution in [3.63, 3.8) is 0 Å². The van der Waals surface area contributed by atoms with Gasteiger partial charge in [-0.05, 0) is 40.7 Å². The third-order valence-electron chi connectivity index (χ3n) is 2.02. The molecule has 4 nitrogen and oxygen atoms in total. The van der Waals surface area contributed by atoms with Crippen molar-refractivity contribution >= 4 is 27.0 Å². The number of hydrogen-bond donors (Lipinski definition) is 3. The van der Waals surface area contributed by atoms with E-state index in [-0.39, 0.29) is 5.69 Å². The molecule has 0 saturated heterocycles. The zero-order chi connectivity index (χ0) is 10.1. The van der Waals surface area contributed by atoms with Gasteiger partial charge in [-0.2, -0.15) is 0 Å². The number of rotatable bonds is 2. The fourth-order valence-electron chi connectivity index (χ4n) is 1.46. The van der Waals surface area contributed by atoms with Gasteiger partial charge in [0.2, 0.25) is 0 Å². The lowest BCUT2D eigenvalue weighted by Gasteiger charge is -2.01. The molecule has 0 spiro atoms. The number of nitrogens with one attached hydrogen (secondary N) is 3. The molecule has 0 atom stereocenters. The van der Waals surface area contributed by atoms with E-state index in [1.807, 2.05) is 19.2 Å². The lowest BCUT2D eigenvalue weighted by atomic mass is 10.2. The highest BCUT2D eigenvalue weighted by molar-refractivity contribution is 9.10. The molecular formula is C9H10BrN3O. The maximum absolute atomic E-state index is 11.1. The van der Waals surface area contributed by atoms with E-state index in [0.29, 0.717) is 0 Å². The maximum atomic E-state index is 11.1. The molecule has 5 heteroatoms. The molecule has 0 aliphatic heterocycles. The van der Waals surface area contributed by atoms with E-state index in [0.717, 1.165) is 27.6 Å². The molecule has 1 aromatic carbocycles. The molecule has 0 saturated carbocycles. The summed E-state index contributed by atoms with van der Waals surface area (Å²) in [5, 5.41) is 3.06. The summed E-state index contributed by atoms with van der Waals surface area (Å²) in [5.74, 6) is 0. The van der Waals surface area contributed by atoms with Crippen LogP contribution in [-0.2, 0) is 6.54 Å². The normalized spacial score (nSPS) is 11.0. The first-order valence-electron chi connectivity index (χ1n) is 4.25. The first kappa shape index (κ1) is 9.48. The predicted octanol–water partition coefficient (Wildman–Crippen LogP) is 1.34. The summed E-state index contributed by atoms with van der Waals surface area (Å²) in [4.78, 5) is 16.5. The fourth-order valence-corrected chi connectivity index (χ4v) is 2.07. The van der Waals surface area contributed by atoms with Gasteiger partial charge in [-0.15, -0.1) is 0 Å². The Hall–Kier alpha value is -1.07. The van der Waals surface area contributed by atoms with Crippen LogP contribution in [0, 0.1) is 0 Å². The van der Waals surface area contributed by atoms with Gasteiger partial charge in [0.05, 0.1) is 11.0 Å². The summed E-state index contributed by atoms with van der Waals surface area (Å²) < 4.78 is 0.901. The standard InChI is InChI=1S/C9H10BrN3O/c1-11-4-5-2-6(10)8-7(3-5)12-9(14)13-8/h2-3,11H,4H2,1H3,(H2,12,13,14). The Morgan fingerprint density at radius 1 is 1.43 bits per heavy atom. The zero-order valence-electron chi connectivity index (χ0n) is 7.65. The summed E-state index contributed by atoms with van der Waals surface area (Å²) in [6, 6.07) is 3.94. The van der Waals surface area contributed by atoms with Crippen LogP contribution in [0.15, 0.2) is 21.4 Å². The Morgan fingerprint density at radius 2 is 2.21 bits per heavy atom. The average molecular weight is 256 g/mol. The van der Waals surface area contributed by atoms with Crippen molar-refractivity contribution in [3.05, 3.63) is 32.7 Å². The first-order chi connectivity index (χ1) is 6.70. The molecule has 0 fully saturated rings. The van der Waals surface area contributed by atoms with Gasteiger partial charge in [-0.1, -0.05) is 0 Å². The molecule has 0 bridgehead atoms. The van der Waals surface area contributed by atoms with Gasteiger partial charge in [-0.25, -0.2) is 4.79 Å². The predicted molar refractivity (Wildman–Crippen MR) is 59.4 cm³/mol. The first-order valence-corrected chi connectivity index (χ1v) is 5.05. The van der Waals surface area contributed by atoms with Crippen molar-refractivity contribution in [2.45, 2.75) is 6.54 Å². The minimum atomic E-state index is -0.178. The average Bonchev–Trinajstić information content (AvgIpc) is 2.47. The molecule has 2 rings (SSSR count). The van der Waals surface area contributed by atoms with Crippen LogP contribution in [0.1, 0.15) is 5.56 Å². The third-order valence-corrected chi connectivity index (χ3v) is 2.64. The van der Waals surface area contributed by atoms with E-state index < -0.39 is 0 Å². The van der Waals surface area contributed by atoms with E-state index in [1.165, 1.54) is 0 Å². The highest BCUT2D eigenvalue weighted by Crippen LogP contribution is 2.21. The second-order valence-electron chi connectivity index (χ2n) is 3.11. The van der Waals surface area contributed by atoms with Crippen molar-refractivity contribution in [2.24, 2.45) is 0 Å². The van der Waals surface area contributed by atoms with Crippen LogP contribution in [0.3, 0.4) is 0 Å². The summed E-state index contributed by atoms with van der Waals surface area (Å²) in [7, 11) is 1.89. The molecule has 2 aromatic rings. The van der Waals surface area contributed by atoms with Crippen LogP contribution in [-0.4, -0.2) is 17.0 Å². The highest BCUT2D eigenvalue weighted by Gasteiger charge is 2.04. The van der Waals surface area contributed by atoms with E-state index in [4.69, 9.17) is 0 Å². The van der Waals surface area contributed by atoms with Crippen LogP contribution < -0.4 is 11.0 Å². The monoisotopic (exact) mass is 255 g/mol. The topological polar surface area (TPSA) is 60.7 Å². The Kier molecular flexibility index (Phi) is 2.43. The van der Waals surface area contributed by atoms with Gasteiger partial charge >= 0.3 is 5.69 Å². The quantitative estimate of drug-likeness (QED) is 0.759. The number of imidazole rings is 1. The SMILES string of the molecule is CNCc1cc(Br)c2[nH]c(=O)[nH]c2c1. The third kappa shape index (κ3) is 1.60. The fraction of sp³-hybridized carbons (Fsp3) is 0.222.